The van der Waals surface area contributed by atoms with Gasteiger partial charge >= 0.3 is 5.97 Å². The zero-order valence-electron chi connectivity index (χ0n) is 11.6. The van der Waals surface area contributed by atoms with Crippen LogP contribution in [0.15, 0.2) is 23.1 Å². The number of benzene rings is 1. The third-order valence-corrected chi connectivity index (χ3v) is 4.56. The summed E-state index contributed by atoms with van der Waals surface area (Å²) in [6, 6.07) is 3.61. The van der Waals surface area contributed by atoms with Crippen LogP contribution in [0.5, 0.6) is 0 Å². The molecule has 0 saturated heterocycles. The monoisotopic (exact) mass is 337 g/mol. The quantitative estimate of drug-likeness (QED) is 0.800. The highest BCUT2D eigenvalue weighted by Crippen LogP contribution is 2.22. The summed E-state index contributed by atoms with van der Waals surface area (Å²) in [5.41, 5.74) is 0. The average Bonchev–Trinajstić information content (AvgIpc) is 2.36. The first-order valence-electron chi connectivity index (χ1n) is 6.31. The summed E-state index contributed by atoms with van der Waals surface area (Å²) in [6.07, 6.45) is 0.315. The van der Waals surface area contributed by atoms with E-state index in [0.717, 1.165) is 6.07 Å². The van der Waals surface area contributed by atoms with Gasteiger partial charge in [0.15, 0.2) is 5.82 Å². The van der Waals surface area contributed by atoms with Crippen molar-refractivity contribution in [1.82, 2.24) is 4.72 Å². The van der Waals surface area contributed by atoms with Gasteiger partial charge in [-0.25, -0.2) is 17.5 Å². The number of aliphatic carboxylic acids is 1. The van der Waals surface area contributed by atoms with Crippen LogP contribution in [0.4, 0.5) is 4.39 Å². The maximum absolute atomic E-state index is 13.7. The van der Waals surface area contributed by atoms with Crippen LogP contribution in [0.3, 0.4) is 0 Å². The number of halogens is 2. The van der Waals surface area contributed by atoms with Crippen molar-refractivity contribution in [3.63, 3.8) is 0 Å². The van der Waals surface area contributed by atoms with E-state index in [-0.39, 0.29) is 17.5 Å². The minimum atomic E-state index is -4.15. The van der Waals surface area contributed by atoms with Gasteiger partial charge in [0.05, 0.1) is 10.9 Å². The van der Waals surface area contributed by atoms with E-state index in [0.29, 0.717) is 6.42 Å². The first-order valence-corrected chi connectivity index (χ1v) is 8.17. The highest BCUT2D eigenvalue weighted by atomic mass is 35.5. The number of nitrogens with one attached hydrogen (secondary N) is 1. The molecule has 0 saturated carbocycles. The molecule has 0 bridgehead atoms. The minimum Gasteiger partial charge on any atom is -0.481 e. The molecule has 21 heavy (non-hydrogen) atoms. The zero-order valence-corrected chi connectivity index (χ0v) is 13.2. The van der Waals surface area contributed by atoms with Crippen LogP contribution in [-0.2, 0) is 14.8 Å². The fourth-order valence-corrected chi connectivity index (χ4v) is 3.23. The molecule has 1 aromatic rings. The van der Waals surface area contributed by atoms with Crippen LogP contribution in [0, 0.1) is 17.7 Å². The molecule has 0 heterocycles. The van der Waals surface area contributed by atoms with Gasteiger partial charge in [-0.15, -0.1) is 0 Å². The lowest BCUT2D eigenvalue weighted by atomic mass is 9.98. The molecular formula is C13H17ClFNO4S. The third kappa shape index (κ3) is 4.94. The van der Waals surface area contributed by atoms with Gasteiger partial charge in [0, 0.05) is 6.54 Å². The molecule has 2 N–H and O–H groups in total. The molecule has 118 valence electrons. The summed E-state index contributed by atoms with van der Waals surface area (Å²) < 4.78 is 39.9. The molecule has 0 aromatic heterocycles. The van der Waals surface area contributed by atoms with Crippen LogP contribution in [0.25, 0.3) is 0 Å². The topological polar surface area (TPSA) is 83.5 Å². The lowest BCUT2D eigenvalue weighted by Crippen LogP contribution is -2.34. The van der Waals surface area contributed by atoms with E-state index in [2.05, 4.69) is 4.72 Å². The molecule has 0 spiro atoms. The third-order valence-electron chi connectivity index (χ3n) is 2.83. The molecule has 1 aromatic carbocycles. The van der Waals surface area contributed by atoms with E-state index in [9.17, 15) is 17.6 Å². The zero-order chi connectivity index (χ0) is 16.2. The Labute approximate surface area is 128 Å². The molecular weight excluding hydrogens is 321 g/mol. The first kappa shape index (κ1) is 17.9. The molecule has 0 amide bonds. The Hall–Kier alpha value is -1.18. The maximum atomic E-state index is 13.7. The standard InChI is InChI=1S/C13H17ClFNO4S/c1-8(2)6-9(13(17)18)7-16-21(19,20)11-5-3-4-10(14)12(11)15/h3-5,8-9,16H,6-7H2,1-2H3,(H,17,18). The Morgan fingerprint density at radius 2 is 2.05 bits per heavy atom. The summed E-state index contributed by atoms with van der Waals surface area (Å²) in [5, 5.41) is 8.75. The van der Waals surface area contributed by atoms with Crippen molar-refractivity contribution in [2.45, 2.75) is 25.2 Å². The predicted octanol–water partition coefficient (Wildman–Crippen LogP) is 2.50. The van der Waals surface area contributed by atoms with E-state index < -0.39 is 32.6 Å². The number of sulfonamides is 1. The van der Waals surface area contributed by atoms with Crippen molar-refractivity contribution in [2.24, 2.45) is 11.8 Å². The van der Waals surface area contributed by atoms with E-state index in [1.54, 1.807) is 0 Å². The van der Waals surface area contributed by atoms with Crippen molar-refractivity contribution in [3.8, 4) is 0 Å². The van der Waals surface area contributed by atoms with E-state index >= 15 is 0 Å². The van der Waals surface area contributed by atoms with E-state index in [1.807, 2.05) is 13.8 Å². The number of hydrogen-bond acceptors (Lipinski definition) is 3. The van der Waals surface area contributed by atoms with Crippen molar-refractivity contribution in [2.75, 3.05) is 6.54 Å². The number of hydrogen-bond donors (Lipinski definition) is 2. The number of carboxylic acid groups (broad SMARTS) is 1. The first-order chi connectivity index (χ1) is 9.65. The normalized spacial score (nSPS) is 13.4. The molecule has 8 heteroatoms. The van der Waals surface area contributed by atoms with Gasteiger partial charge in [-0.05, 0) is 24.5 Å². The van der Waals surface area contributed by atoms with Crippen LogP contribution < -0.4 is 4.72 Å². The van der Waals surface area contributed by atoms with Gasteiger partial charge in [0.2, 0.25) is 10.0 Å². The Balaban J connectivity index is 2.90. The van der Waals surface area contributed by atoms with Crippen LogP contribution >= 0.6 is 11.6 Å². The molecule has 0 aliphatic rings. The molecule has 0 radical (unpaired) electrons. The summed E-state index contributed by atoms with van der Waals surface area (Å²) in [5.74, 6) is -2.93. The fraction of sp³-hybridized carbons (Fsp3) is 0.462. The molecule has 0 aliphatic carbocycles. The van der Waals surface area contributed by atoms with Crippen molar-refractivity contribution < 1.29 is 22.7 Å². The van der Waals surface area contributed by atoms with E-state index in [1.165, 1.54) is 12.1 Å². The number of carbonyl (C=O) groups is 1. The van der Waals surface area contributed by atoms with Crippen LogP contribution in [-0.4, -0.2) is 26.0 Å². The molecule has 1 atom stereocenters. The Kier molecular flexibility index (Phi) is 6.12. The second kappa shape index (κ2) is 7.20. The Morgan fingerprint density at radius 1 is 1.43 bits per heavy atom. The highest BCUT2D eigenvalue weighted by molar-refractivity contribution is 7.89. The van der Waals surface area contributed by atoms with Crippen LogP contribution in [0.1, 0.15) is 20.3 Å². The molecule has 5 nitrogen and oxygen atoms in total. The Bertz CT molecular complexity index is 619. The lowest BCUT2D eigenvalue weighted by Gasteiger charge is -2.15. The van der Waals surface area contributed by atoms with Gasteiger partial charge in [0.1, 0.15) is 4.90 Å². The summed E-state index contributed by atoms with van der Waals surface area (Å²) in [7, 11) is -4.15. The molecule has 1 rings (SSSR count). The molecule has 1 unspecified atom stereocenters. The van der Waals surface area contributed by atoms with E-state index in [4.69, 9.17) is 16.7 Å². The van der Waals surface area contributed by atoms with Gasteiger partial charge in [0.25, 0.3) is 0 Å². The SMILES string of the molecule is CC(C)CC(CNS(=O)(=O)c1cccc(Cl)c1F)C(=O)O. The van der Waals surface area contributed by atoms with Crippen LogP contribution in [0.2, 0.25) is 5.02 Å². The van der Waals surface area contributed by atoms with Crippen molar-refractivity contribution >= 4 is 27.6 Å². The largest absolute Gasteiger partial charge is 0.481 e. The summed E-state index contributed by atoms with van der Waals surface area (Å²) in [6.45, 7) is 3.37. The summed E-state index contributed by atoms with van der Waals surface area (Å²) >= 11 is 5.54. The minimum absolute atomic E-state index is 0.0958. The van der Waals surface area contributed by atoms with Gasteiger partial charge in [-0.3, -0.25) is 4.79 Å². The predicted molar refractivity (Wildman–Crippen MR) is 77.2 cm³/mol. The highest BCUT2D eigenvalue weighted by Gasteiger charge is 2.25. The second-order valence-electron chi connectivity index (χ2n) is 5.07. The number of carboxylic acids is 1. The van der Waals surface area contributed by atoms with Crippen molar-refractivity contribution in [1.29, 1.82) is 0 Å². The maximum Gasteiger partial charge on any atom is 0.307 e. The number of rotatable bonds is 7. The van der Waals surface area contributed by atoms with Gasteiger partial charge < -0.3 is 5.11 Å². The smallest absolute Gasteiger partial charge is 0.307 e. The average molecular weight is 338 g/mol. The van der Waals surface area contributed by atoms with Crippen molar-refractivity contribution in [3.05, 3.63) is 29.0 Å². The lowest BCUT2D eigenvalue weighted by molar-refractivity contribution is -0.142. The Morgan fingerprint density at radius 3 is 2.57 bits per heavy atom. The fourth-order valence-electron chi connectivity index (χ4n) is 1.82. The molecule has 0 aliphatic heterocycles. The van der Waals surface area contributed by atoms with Gasteiger partial charge in [-0.1, -0.05) is 31.5 Å². The second-order valence-corrected chi connectivity index (χ2v) is 7.21. The summed E-state index contributed by atoms with van der Waals surface area (Å²) in [4.78, 5) is 10.5. The molecule has 0 fully saturated rings. The van der Waals surface area contributed by atoms with Gasteiger partial charge in [-0.2, -0.15) is 0 Å².